The van der Waals surface area contributed by atoms with Gasteiger partial charge in [-0.15, -0.1) is 0 Å². The first kappa shape index (κ1) is 14.2. The zero-order valence-electron chi connectivity index (χ0n) is 11.1. The molecule has 0 spiro atoms. The largest absolute Gasteiger partial charge is 0.302 e. The smallest absolute Gasteiger partial charge is 0.243 e. The summed E-state index contributed by atoms with van der Waals surface area (Å²) in [6.07, 6.45) is 3.97. The summed E-state index contributed by atoms with van der Waals surface area (Å²) in [5, 5.41) is 0. The number of nitrogens with zero attached hydrogens (tertiary/aromatic N) is 1. The van der Waals surface area contributed by atoms with E-state index in [1.807, 2.05) is 19.1 Å². The van der Waals surface area contributed by atoms with Crippen molar-refractivity contribution in [1.29, 1.82) is 0 Å². The van der Waals surface area contributed by atoms with Crippen molar-refractivity contribution in [3.63, 3.8) is 0 Å². The maximum absolute atomic E-state index is 12.5. The minimum Gasteiger partial charge on any atom is -0.302 e. The third-order valence-corrected chi connectivity index (χ3v) is 5.53. The van der Waals surface area contributed by atoms with Crippen molar-refractivity contribution in [2.45, 2.75) is 43.5 Å². The first-order valence-corrected chi connectivity index (χ1v) is 8.09. The second-order valence-corrected chi connectivity index (χ2v) is 6.70. The molecule has 0 N–H and O–H groups in total. The number of piperidine rings is 1. The second-order valence-electron chi connectivity index (χ2n) is 4.81. The van der Waals surface area contributed by atoms with Crippen molar-refractivity contribution >= 4 is 16.3 Å². The number of carbonyl (C=O) groups excluding carboxylic acids is 1. The predicted octanol–water partition coefficient (Wildman–Crippen LogP) is 1.99. The molecule has 1 aromatic carbocycles. The van der Waals surface area contributed by atoms with E-state index >= 15 is 0 Å². The van der Waals surface area contributed by atoms with Crippen LogP contribution in [0, 0.1) is 0 Å². The number of carbonyl (C=O) groups is 1. The van der Waals surface area contributed by atoms with Crippen LogP contribution in [0.25, 0.3) is 0 Å². The van der Waals surface area contributed by atoms with E-state index < -0.39 is 16.1 Å². The van der Waals surface area contributed by atoms with E-state index in [0.717, 1.165) is 31.1 Å². The van der Waals surface area contributed by atoms with Crippen LogP contribution in [-0.4, -0.2) is 31.6 Å². The van der Waals surface area contributed by atoms with Crippen molar-refractivity contribution < 1.29 is 13.2 Å². The third kappa shape index (κ3) is 2.87. The van der Waals surface area contributed by atoms with E-state index in [1.54, 1.807) is 12.1 Å². The van der Waals surface area contributed by atoms with Crippen LogP contribution in [0.3, 0.4) is 0 Å². The molecule has 0 aromatic heterocycles. The number of aryl methyl sites for hydroxylation is 1. The molecular weight excluding hydrogens is 262 g/mol. The summed E-state index contributed by atoms with van der Waals surface area (Å²) in [4.78, 5) is 11.3. The molecule has 1 fully saturated rings. The van der Waals surface area contributed by atoms with E-state index in [1.165, 1.54) is 4.31 Å². The molecule has 104 valence electrons. The quantitative estimate of drug-likeness (QED) is 0.793. The van der Waals surface area contributed by atoms with Crippen LogP contribution in [0.4, 0.5) is 0 Å². The van der Waals surface area contributed by atoms with Crippen molar-refractivity contribution in [1.82, 2.24) is 4.31 Å². The van der Waals surface area contributed by atoms with Crippen molar-refractivity contribution in [3.8, 4) is 0 Å². The van der Waals surface area contributed by atoms with Gasteiger partial charge in [0.2, 0.25) is 10.0 Å². The molecule has 19 heavy (non-hydrogen) atoms. The highest BCUT2D eigenvalue weighted by Crippen LogP contribution is 2.24. The molecule has 0 saturated carbocycles. The fraction of sp³-hybridized carbons (Fsp3) is 0.500. The summed E-state index contributed by atoms with van der Waals surface area (Å²) >= 11 is 0. The molecule has 0 radical (unpaired) electrons. The Hall–Kier alpha value is -1.20. The number of benzene rings is 1. The van der Waals surface area contributed by atoms with Gasteiger partial charge in [-0.3, -0.25) is 0 Å². The Kier molecular flexibility index (Phi) is 4.37. The standard InChI is InChI=1S/C14H19NO3S/c1-2-12-6-8-14(9-7-12)19(17,18)15-10-4-3-5-13(15)11-16/h6-9,11,13H,2-5,10H2,1H3. The van der Waals surface area contributed by atoms with Crippen LogP contribution in [0.2, 0.25) is 0 Å². The van der Waals surface area contributed by atoms with E-state index in [2.05, 4.69) is 0 Å². The minimum atomic E-state index is -3.55. The average molecular weight is 281 g/mol. The molecule has 4 nitrogen and oxygen atoms in total. The van der Waals surface area contributed by atoms with Gasteiger partial charge >= 0.3 is 0 Å². The monoisotopic (exact) mass is 281 g/mol. The Balaban J connectivity index is 2.31. The second kappa shape index (κ2) is 5.84. The van der Waals surface area contributed by atoms with Gasteiger partial charge in [-0.2, -0.15) is 4.31 Å². The molecule has 1 aromatic rings. The normalized spacial score (nSPS) is 21.2. The van der Waals surface area contributed by atoms with Gasteiger partial charge < -0.3 is 4.79 Å². The average Bonchev–Trinajstić information content (AvgIpc) is 2.47. The number of hydrogen-bond acceptors (Lipinski definition) is 3. The van der Waals surface area contributed by atoms with Crippen LogP contribution in [0.1, 0.15) is 31.7 Å². The zero-order valence-corrected chi connectivity index (χ0v) is 11.9. The molecule has 1 atom stereocenters. The van der Waals surface area contributed by atoms with Crippen molar-refractivity contribution in [3.05, 3.63) is 29.8 Å². The first-order chi connectivity index (χ1) is 9.09. The molecule has 0 bridgehead atoms. The molecular formula is C14H19NO3S. The van der Waals surface area contributed by atoms with Gasteiger partial charge in [-0.25, -0.2) is 8.42 Å². The summed E-state index contributed by atoms with van der Waals surface area (Å²) in [5.74, 6) is 0. The SMILES string of the molecule is CCc1ccc(S(=O)(=O)N2CCCCC2C=O)cc1. The Morgan fingerprint density at radius 2 is 1.95 bits per heavy atom. The maximum Gasteiger partial charge on any atom is 0.243 e. The van der Waals surface area contributed by atoms with Crippen molar-refractivity contribution in [2.24, 2.45) is 0 Å². The van der Waals surface area contributed by atoms with Gasteiger partial charge in [0.15, 0.2) is 0 Å². The van der Waals surface area contributed by atoms with Crippen molar-refractivity contribution in [2.75, 3.05) is 6.54 Å². The van der Waals surface area contributed by atoms with Gasteiger partial charge in [-0.05, 0) is 37.0 Å². The molecule has 1 aliphatic rings. The third-order valence-electron chi connectivity index (χ3n) is 3.59. The molecule has 0 amide bonds. The summed E-state index contributed by atoms with van der Waals surface area (Å²) < 4.78 is 26.4. The van der Waals surface area contributed by atoms with E-state index in [9.17, 15) is 13.2 Å². The Labute approximate surface area is 114 Å². The molecule has 1 heterocycles. The van der Waals surface area contributed by atoms with Gasteiger partial charge in [0.05, 0.1) is 10.9 Å². The fourth-order valence-electron chi connectivity index (χ4n) is 2.40. The molecule has 5 heteroatoms. The first-order valence-electron chi connectivity index (χ1n) is 6.65. The lowest BCUT2D eigenvalue weighted by Gasteiger charge is -2.31. The topological polar surface area (TPSA) is 54.5 Å². The molecule has 1 saturated heterocycles. The highest BCUT2D eigenvalue weighted by molar-refractivity contribution is 7.89. The number of rotatable bonds is 4. The predicted molar refractivity (Wildman–Crippen MR) is 73.4 cm³/mol. The minimum absolute atomic E-state index is 0.276. The Morgan fingerprint density at radius 1 is 1.26 bits per heavy atom. The lowest BCUT2D eigenvalue weighted by Crippen LogP contribution is -2.44. The van der Waals surface area contributed by atoms with E-state index in [0.29, 0.717) is 13.0 Å². The number of aldehydes is 1. The molecule has 1 unspecified atom stereocenters. The Bertz CT molecular complexity index is 536. The maximum atomic E-state index is 12.5. The van der Waals surface area contributed by atoms with Crippen LogP contribution in [0.5, 0.6) is 0 Å². The fourth-order valence-corrected chi connectivity index (χ4v) is 4.03. The van der Waals surface area contributed by atoms with Crippen LogP contribution >= 0.6 is 0 Å². The number of sulfonamides is 1. The highest BCUT2D eigenvalue weighted by Gasteiger charge is 2.33. The van der Waals surface area contributed by atoms with Crippen LogP contribution < -0.4 is 0 Å². The zero-order chi connectivity index (χ0) is 13.9. The lowest BCUT2D eigenvalue weighted by molar-refractivity contribution is -0.111. The van der Waals surface area contributed by atoms with Crippen LogP contribution in [0.15, 0.2) is 29.2 Å². The summed E-state index contributed by atoms with van der Waals surface area (Å²) in [5.41, 5.74) is 1.10. The van der Waals surface area contributed by atoms with Crippen LogP contribution in [-0.2, 0) is 21.2 Å². The molecule has 1 aliphatic heterocycles. The summed E-state index contributed by atoms with van der Waals surface area (Å²) in [6.45, 7) is 2.46. The molecule has 0 aliphatic carbocycles. The van der Waals surface area contributed by atoms with Gasteiger partial charge in [0.1, 0.15) is 6.29 Å². The van der Waals surface area contributed by atoms with E-state index in [4.69, 9.17) is 0 Å². The lowest BCUT2D eigenvalue weighted by atomic mass is 10.1. The highest BCUT2D eigenvalue weighted by atomic mass is 32.2. The Morgan fingerprint density at radius 3 is 2.53 bits per heavy atom. The van der Waals surface area contributed by atoms with Gasteiger partial charge in [0.25, 0.3) is 0 Å². The van der Waals surface area contributed by atoms with Gasteiger partial charge in [0, 0.05) is 6.54 Å². The summed E-state index contributed by atoms with van der Waals surface area (Å²) in [6, 6.07) is 6.40. The number of hydrogen-bond donors (Lipinski definition) is 0. The molecule has 2 rings (SSSR count). The summed E-state index contributed by atoms with van der Waals surface area (Å²) in [7, 11) is -3.55. The van der Waals surface area contributed by atoms with E-state index in [-0.39, 0.29) is 4.90 Å². The van der Waals surface area contributed by atoms with Gasteiger partial charge in [-0.1, -0.05) is 25.5 Å².